The number of carbonyl (C=O) groups excluding carboxylic acids is 1. The van der Waals surface area contributed by atoms with Crippen LogP contribution in [0.3, 0.4) is 0 Å². The maximum atomic E-state index is 12.5. The predicted octanol–water partition coefficient (Wildman–Crippen LogP) is 3.54. The average Bonchev–Trinajstić information content (AvgIpc) is 3.11. The molecule has 24 heavy (non-hydrogen) atoms. The zero-order valence-corrected chi connectivity index (χ0v) is 14.1. The smallest absolute Gasteiger partial charge is 0.257 e. The second-order valence-electron chi connectivity index (χ2n) is 6.18. The van der Waals surface area contributed by atoms with Crippen molar-refractivity contribution in [1.29, 1.82) is 0 Å². The molecule has 0 bridgehead atoms. The van der Waals surface area contributed by atoms with Crippen LogP contribution in [0.1, 0.15) is 34.3 Å². The van der Waals surface area contributed by atoms with Crippen LogP contribution in [-0.4, -0.2) is 30.1 Å². The Kier molecular flexibility index (Phi) is 5.11. The number of pyridine rings is 1. The molecule has 5 nitrogen and oxygen atoms in total. The summed E-state index contributed by atoms with van der Waals surface area (Å²) in [5, 5.41) is 6.26. The molecule has 1 aromatic heterocycles. The maximum absolute atomic E-state index is 12.5. The van der Waals surface area contributed by atoms with E-state index in [2.05, 4.69) is 15.6 Å². The molecule has 3 rings (SSSR count). The van der Waals surface area contributed by atoms with Crippen molar-refractivity contribution in [3.63, 3.8) is 0 Å². The summed E-state index contributed by atoms with van der Waals surface area (Å²) in [7, 11) is 0. The maximum Gasteiger partial charge on any atom is 0.257 e. The van der Waals surface area contributed by atoms with Crippen LogP contribution in [-0.2, 0) is 4.74 Å². The van der Waals surface area contributed by atoms with E-state index in [1.54, 1.807) is 12.4 Å². The quantitative estimate of drug-likeness (QED) is 0.882. The first-order valence-electron chi connectivity index (χ1n) is 8.31. The Morgan fingerprint density at radius 3 is 3.00 bits per heavy atom. The van der Waals surface area contributed by atoms with Crippen LogP contribution in [0.15, 0.2) is 36.7 Å². The molecule has 2 heterocycles. The normalized spacial score (nSPS) is 16.8. The number of hydrogen-bond donors (Lipinski definition) is 2. The van der Waals surface area contributed by atoms with Crippen LogP contribution < -0.4 is 10.6 Å². The van der Waals surface area contributed by atoms with Crippen molar-refractivity contribution in [2.45, 2.75) is 32.8 Å². The highest BCUT2D eigenvalue weighted by molar-refractivity contribution is 6.05. The van der Waals surface area contributed by atoms with Gasteiger partial charge in [-0.15, -0.1) is 0 Å². The third-order valence-corrected chi connectivity index (χ3v) is 4.41. The number of aromatic nitrogens is 1. The Labute approximate surface area is 142 Å². The zero-order chi connectivity index (χ0) is 16.9. The monoisotopic (exact) mass is 325 g/mol. The van der Waals surface area contributed by atoms with Crippen molar-refractivity contribution in [1.82, 2.24) is 4.98 Å². The molecule has 1 aromatic carbocycles. The van der Waals surface area contributed by atoms with Crippen LogP contribution in [0, 0.1) is 13.8 Å². The Morgan fingerprint density at radius 2 is 2.21 bits per heavy atom. The van der Waals surface area contributed by atoms with E-state index in [-0.39, 0.29) is 12.0 Å². The number of carbonyl (C=O) groups is 1. The summed E-state index contributed by atoms with van der Waals surface area (Å²) in [6.07, 6.45) is 5.75. The van der Waals surface area contributed by atoms with Gasteiger partial charge in [0.05, 0.1) is 17.4 Å². The molecule has 0 spiro atoms. The molecule has 1 aliphatic heterocycles. The number of amides is 1. The second-order valence-corrected chi connectivity index (χ2v) is 6.18. The fourth-order valence-corrected chi connectivity index (χ4v) is 2.78. The van der Waals surface area contributed by atoms with Gasteiger partial charge in [-0.25, -0.2) is 0 Å². The molecular formula is C19H23N3O2. The third kappa shape index (κ3) is 3.92. The van der Waals surface area contributed by atoms with Crippen molar-refractivity contribution >= 4 is 17.3 Å². The van der Waals surface area contributed by atoms with Crippen LogP contribution in [0.25, 0.3) is 0 Å². The summed E-state index contributed by atoms with van der Waals surface area (Å²) in [5.41, 5.74) is 4.43. The fourth-order valence-electron chi connectivity index (χ4n) is 2.78. The van der Waals surface area contributed by atoms with Gasteiger partial charge in [-0.3, -0.25) is 9.78 Å². The van der Waals surface area contributed by atoms with Gasteiger partial charge in [-0.05, 0) is 49.9 Å². The number of ether oxygens (including phenoxy) is 1. The number of aryl methyl sites for hydroxylation is 1. The molecule has 1 fully saturated rings. The molecular weight excluding hydrogens is 302 g/mol. The molecule has 2 aromatic rings. The largest absolute Gasteiger partial charge is 0.381 e. The van der Waals surface area contributed by atoms with Gasteiger partial charge in [-0.2, -0.15) is 0 Å². The van der Waals surface area contributed by atoms with Crippen molar-refractivity contribution in [3.8, 4) is 0 Å². The molecule has 1 atom stereocenters. The van der Waals surface area contributed by atoms with Crippen molar-refractivity contribution in [3.05, 3.63) is 53.3 Å². The SMILES string of the molecule is Cc1cccc(NC(=O)c2cncc(NCC3CCCO3)c2)c1C. The molecule has 0 aliphatic carbocycles. The van der Waals surface area contributed by atoms with Crippen molar-refractivity contribution < 1.29 is 9.53 Å². The molecule has 0 radical (unpaired) electrons. The van der Waals surface area contributed by atoms with Crippen molar-refractivity contribution in [2.24, 2.45) is 0 Å². The van der Waals surface area contributed by atoms with Crippen LogP contribution in [0.5, 0.6) is 0 Å². The summed E-state index contributed by atoms with van der Waals surface area (Å²) in [6, 6.07) is 7.70. The zero-order valence-electron chi connectivity index (χ0n) is 14.1. The number of anilines is 2. The number of nitrogens with zero attached hydrogens (tertiary/aromatic N) is 1. The van der Waals surface area contributed by atoms with Gasteiger partial charge in [-0.1, -0.05) is 12.1 Å². The molecule has 2 N–H and O–H groups in total. The number of nitrogens with one attached hydrogen (secondary N) is 2. The topological polar surface area (TPSA) is 63.2 Å². The molecule has 1 aliphatic rings. The van der Waals surface area contributed by atoms with E-state index in [0.29, 0.717) is 5.56 Å². The standard InChI is InChI=1S/C19H23N3O2/c1-13-5-3-7-18(14(13)2)22-19(23)15-9-16(11-20-10-15)21-12-17-6-4-8-24-17/h3,5,7,9-11,17,21H,4,6,8,12H2,1-2H3,(H,22,23). The van der Waals surface area contributed by atoms with Gasteiger partial charge in [0.1, 0.15) is 0 Å². The van der Waals surface area contributed by atoms with Gasteiger partial charge < -0.3 is 15.4 Å². The average molecular weight is 325 g/mol. The van der Waals surface area contributed by atoms with E-state index in [1.807, 2.05) is 38.1 Å². The highest BCUT2D eigenvalue weighted by Crippen LogP contribution is 2.19. The van der Waals surface area contributed by atoms with Gasteiger partial charge in [0.2, 0.25) is 0 Å². The first-order chi connectivity index (χ1) is 11.6. The highest BCUT2D eigenvalue weighted by atomic mass is 16.5. The number of rotatable bonds is 5. The summed E-state index contributed by atoms with van der Waals surface area (Å²) in [5.74, 6) is -0.156. The Hall–Kier alpha value is -2.40. The molecule has 1 saturated heterocycles. The van der Waals surface area contributed by atoms with Crippen LogP contribution in [0.4, 0.5) is 11.4 Å². The lowest BCUT2D eigenvalue weighted by Gasteiger charge is -2.13. The Morgan fingerprint density at radius 1 is 1.33 bits per heavy atom. The molecule has 1 amide bonds. The van der Waals surface area contributed by atoms with Crippen LogP contribution in [0.2, 0.25) is 0 Å². The van der Waals surface area contributed by atoms with Gasteiger partial charge >= 0.3 is 0 Å². The van der Waals surface area contributed by atoms with Crippen molar-refractivity contribution in [2.75, 3.05) is 23.8 Å². The molecule has 5 heteroatoms. The van der Waals surface area contributed by atoms with E-state index >= 15 is 0 Å². The van der Waals surface area contributed by atoms with Gasteiger partial charge in [0, 0.05) is 31.2 Å². The summed E-state index contributed by atoms with van der Waals surface area (Å²) >= 11 is 0. The fraction of sp³-hybridized carbons (Fsp3) is 0.368. The predicted molar refractivity (Wildman–Crippen MR) is 95.6 cm³/mol. The van der Waals surface area contributed by atoms with Crippen LogP contribution >= 0.6 is 0 Å². The highest BCUT2D eigenvalue weighted by Gasteiger charge is 2.15. The minimum atomic E-state index is -0.156. The minimum absolute atomic E-state index is 0.156. The summed E-state index contributed by atoms with van der Waals surface area (Å²) < 4.78 is 5.59. The number of benzene rings is 1. The molecule has 126 valence electrons. The first-order valence-corrected chi connectivity index (χ1v) is 8.31. The Bertz CT molecular complexity index is 724. The summed E-state index contributed by atoms with van der Waals surface area (Å²) in [4.78, 5) is 16.7. The van der Waals surface area contributed by atoms with Gasteiger partial charge in [0.25, 0.3) is 5.91 Å². The van der Waals surface area contributed by atoms with E-state index in [1.165, 1.54) is 0 Å². The van der Waals surface area contributed by atoms with E-state index < -0.39 is 0 Å². The van der Waals surface area contributed by atoms with Gasteiger partial charge in [0.15, 0.2) is 0 Å². The molecule has 0 saturated carbocycles. The minimum Gasteiger partial charge on any atom is -0.381 e. The van der Waals surface area contributed by atoms with E-state index in [4.69, 9.17) is 4.74 Å². The molecule has 1 unspecified atom stereocenters. The second kappa shape index (κ2) is 7.45. The first kappa shape index (κ1) is 16.5. The number of hydrogen-bond acceptors (Lipinski definition) is 4. The lowest BCUT2D eigenvalue weighted by Crippen LogP contribution is -2.19. The lowest BCUT2D eigenvalue weighted by molar-refractivity contribution is 0.102. The lowest BCUT2D eigenvalue weighted by atomic mass is 10.1. The van der Waals surface area contributed by atoms with E-state index in [9.17, 15) is 4.79 Å². The Balaban J connectivity index is 1.66. The third-order valence-electron chi connectivity index (χ3n) is 4.41. The summed E-state index contributed by atoms with van der Waals surface area (Å²) in [6.45, 7) is 5.61. The van der Waals surface area contributed by atoms with E-state index in [0.717, 1.165) is 48.5 Å².